The Morgan fingerprint density at radius 1 is 1.27 bits per heavy atom. The van der Waals surface area contributed by atoms with E-state index in [0.29, 0.717) is 18.7 Å². The number of amides is 2. The highest BCUT2D eigenvalue weighted by Crippen LogP contribution is 2.10. The Balaban J connectivity index is 1.89. The fourth-order valence-electron chi connectivity index (χ4n) is 2.32. The molecule has 1 aliphatic rings. The fourth-order valence-corrected chi connectivity index (χ4v) is 2.32. The summed E-state index contributed by atoms with van der Waals surface area (Å²) >= 11 is 0. The molecule has 118 valence electrons. The molecule has 1 aromatic rings. The van der Waals surface area contributed by atoms with Crippen LogP contribution in [0.3, 0.4) is 0 Å². The number of likely N-dealkylation sites (tertiary alicyclic amines) is 1. The van der Waals surface area contributed by atoms with Crippen LogP contribution in [-0.2, 0) is 9.59 Å². The summed E-state index contributed by atoms with van der Waals surface area (Å²) in [6.07, 6.45) is 3.34. The van der Waals surface area contributed by atoms with Gasteiger partial charge in [0.15, 0.2) is 0 Å². The lowest BCUT2D eigenvalue weighted by molar-refractivity contribution is -0.135. The summed E-state index contributed by atoms with van der Waals surface area (Å²) in [5.74, 6) is -0.621. The van der Waals surface area contributed by atoms with E-state index in [1.165, 1.54) is 12.1 Å². The van der Waals surface area contributed by atoms with Crippen molar-refractivity contribution in [3.8, 4) is 0 Å². The lowest BCUT2D eigenvalue weighted by atomic mass is 10.1. The van der Waals surface area contributed by atoms with Gasteiger partial charge in [0.25, 0.3) is 5.91 Å². The number of carbonyl (C=O) groups is 2. The summed E-state index contributed by atoms with van der Waals surface area (Å²) < 4.78 is 12.8. The predicted molar refractivity (Wildman–Crippen MR) is 81.8 cm³/mol. The van der Waals surface area contributed by atoms with Gasteiger partial charge in [-0.25, -0.2) is 9.82 Å². The molecule has 1 N–H and O–H groups in total. The van der Waals surface area contributed by atoms with E-state index in [-0.39, 0.29) is 24.2 Å². The Morgan fingerprint density at radius 3 is 2.73 bits per heavy atom. The van der Waals surface area contributed by atoms with Crippen LogP contribution in [0, 0.1) is 5.82 Å². The van der Waals surface area contributed by atoms with Gasteiger partial charge in [0.05, 0.1) is 5.71 Å². The van der Waals surface area contributed by atoms with Crippen molar-refractivity contribution < 1.29 is 14.0 Å². The molecule has 2 rings (SSSR count). The molecule has 6 heteroatoms. The molecule has 1 heterocycles. The highest BCUT2D eigenvalue weighted by atomic mass is 19.1. The van der Waals surface area contributed by atoms with E-state index in [0.717, 1.165) is 24.8 Å². The van der Waals surface area contributed by atoms with E-state index in [2.05, 4.69) is 10.5 Å². The van der Waals surface area contributed by atoms with Gasteiger partial charge in [-0.15, -0.1) is 0 Å². The van der Waals surface area contributed by atoms with Crippen molar-refractivity contribution in [3.05, 3.63) is 35.6 Å². The molecule has 0 bridgehead atoms. The minimum absolute atomic E-state index is 0.0203. The standard InChI is InChI=1S/C16H20FN3O2/c1-12(13-6-8-14(17)9-7-13)18-19-15(21)11-20-10-4-2-3-5-16(20)22/h6-9H,2-5,10-11H2,1H3,(H,19,21)/b18-12-. The van der Waals surface area contributed by atoms with Gasteiger partial charge in [-0.05, 0) is 37.5 Å². The number of nitrogens with one attached hydrogen (secondary N) is 1. The third-order valence-electron chi connectivity index (χ3n) is 3.62. The highest BCUT2D eigenvalue weighted by molar-refractivity contribution is 5.99. The third-order valence-corrected chi connectivity index (χ3v) is 3.62. The van der Waals surface area contributed by atoms with E-state index in [9.17, 15) is 14.0 Å². The van der Waals surface area contributed by atoms with Crippen LogP contribution in [-0.4, -0.2) is 35.5 Å². The van der Waals surface area contributed by atoms with Gasteiger partial charge < -0.3 is 4.90 Å². The van der Waals surface area contributed by atoms with E-state index in [4.69, 9.17) is 0 Å². The van der Waals surface area contributed by atoms with Crippen LogP contribution < -0.4 is 5.43 Å². The van der Waals surface area contributed by atoms with Crippen LogP contribution in [0.2, 0.25) is 0 Å². The molecular formula is C16H20FN3O2. The maximum absolute atomic E-state index is 12.8. The summed E-state index contributed by atoms with van der Waals surface area (Å²) in [5.41, 5.74) is 3.75. The highest BCUT2D eigenvalue weighted by Gasteiger charge is 2.18. The molecule has 0 aliphatic carbocycles. The SMILES string of the molecule is C/C(=N/NC(=O)CN1CCCCCC1=O)c1ccc(F)cc1. The summed E-state index contributed by atoms with van der Waals surface area (Å²) in [6, 6.07) is 5.87. The van der Waals surface area contributed by atoms with Crippen LogP contribution in [0.5, 0.6) is 0 Å². The Hall–Kier alpha value is -2.24. The van der Waals surface area contributed by atoms with E-state index in [1.807, 2.05) is 0 Å². The first kappa shape index (κ1) is 16.1. The van der Waals surface area contributed by atoms with Crippen molar-refractivity contribution >= 4 is 17.5 Å². The zero-order chi connectivity index (χ0) is 15.9. The number of hydrogen-bond donors (Lipinski definition) is 1. The fraction of sp³-hybridized carbons (Fsp3) is 0.438. The number of halogens is 1. The molecule has 0 spiro atoms. The molecule has 1 saturated heterocycles. The maximum Gasteiger partial charge on any atom is 0.259 e. The third kappa shape index (κ3) is 4.65. The van der Waals surface area contributed by atoms with Crippen molar-refractivity contribution in [2.24, 2.45) is 5.10 Å². The van der Waals surface area contributed by atoms with Crippen LogP contribution >= 0.6 is 0 Å². The molecule has 1 aromatic carbocycles. The molecule has 22 heavy (non-hydrogen) atoms. The molecule has 0 saturated carbocycles. The van der Waals surface area contributed by atoms with Gasteiger partial charge in [0.1, 0.15) is 12.4 Å². The van der Waals surface area contributed by atoms with Crippen LogP contribution in [0.15, 0.2) is 29.4 Å². The summed E-state index contributed by atoms with van der Waals surface area (Å²) in [7, 11) is 0. The van der Waals surface area contributed by atoms with E-state index >= 15 is 0 Å². The first-order valence-electron chi connectivity index (χ1n) is 7.43. The molecule has 1 aliphatic heterocycles. The Bertz CT molecular complexity index is 569. The second kappa shape index (κ2) is 7.68. The monoisotopic (exact) mass is 305 g/mol. The number of rotatable bonds is 4. The number of benzene rings is 1. The normalized spacial score (nSPS) is 16.4. The molecule has 5 nitrogen and oxygen atoms in total. The quantitative estimate of drug-likeness (QED) is 0.684. The molecule has 0 atom stereocenters. The average molecular weight is 305 g/mol. The van der Waals surface area contributed by atoms with Crippen molar-refractivity contribution in [1.29, 1.82) is 0 Å². The molecule has 0 unspecified atom stereocenters. The second-order valence-corrected chi connectivity index (χ2v) is 5.37. The maximum atomic E-state index is 12.8. The van der Waals surface area contributed by atoms with Crippen molar-refractivity contribution in [2.45, 2.75) is 32.6 Å². The molecule has 1 fully saturated rings. The Morgan fingerprint density at radius 2 is 2.00 bits per heavy atom. The second-order valence-electron chi connectivity index (χ2n) is 5.37. The molecule has 0 radical (unpaired) electrons. The first-order valence-corrected chi connectivity index (χ1v) is 7.43. The average Bonchev–Trinajstić information content (AvgIpc) is 2.70. The smallest absolute Gasteiger partial charge is 0.259 e. The largest absolute Gasteiger partial charge is 0.333 e. The zero-order valence-electron chi connectivity index (χ0n) is 12.6. The number of hydrogen-bond acceptors (Lipinski definition) is 3. The van der Waals surface area contributed by atoms with Gasteiger partial charge in [0, 0.05) is 13.0 Å². The lowest BCUT2D eigenvalue weighted by Gasteiger charge is -2.19. The van der Waals surface area contributed by atoms with Crippen molar-refractivity contribution in [1.82, 2.24) is 10.3 Å². The topological polar surface area (TPSA) is 61.8 Å². The van der Waals surface area contributed by atoms with Crippen LogP contribution in [0.1, 0.15) is 38.2 Å². The lowest BCUT2D eigenvalue weighted by Crippen LogP contribution is -2.39. The van der Waals surface area contributed by atoms with Gasteiger partial charge >= 0.3 is 0 Å². The number of hydrazone groups is 1. The van der Waals surface area contributed by atoms with Crippen molar-refractivity contribution in [2.75, 3.05) is 13.1 Å². The van der Waals surface area contributed by atoms with Crippen molar-refractivity contribution in [3.63, 3.8) is 0 Å². The number of carbonyl (C=O) groups excluding carboxylic acids is 2. The minimum atomic E-state index is -0.322. The zero-order valence-corrected chi connectivity index (χ0v) is 12.6. The Labute approximate surface area is 129 Å². The van der Waals surface area contributed by atoms with E-state index in [1.54, 1.807) is 24.0 Å². The van der Waals surface area contributed by atoms with Gasteiger partial charge in [0.2, 0.25) is 5.91 Å². The summed E-state index contributed by atoms with van der Waals surface area (Å²) in [4.78, 5) is 25.3. The van der Waals surface area contributed by atoms with Crippen LogP contribution in [0.25, 0.3) is 0 Å². The van der Waals surface area contributed by atoms with Gasteiger partial charge in [-0.1, -0.05) is 18.6 Å². The molecule has 0 aromatic heterocycles. The van der Waals surface area contributed by atoms with Gasteiger partial charge in [-0.2, -0.15) is 5.10 Å². The van der Waals surface area contributed by atoms with Crippen LogP contribution in [0.4, 0.5) is 4.39 Å². The summed E-state index contributed by atoms with van der Waals surface area (Å²) in [6.45, 7) is 2.37. The minimum Gasteiger partial charge on any atom is -0.333 e. The summed E-state index contributed by atoms with van der Waals surface area (Å²) in [5, 5.41) is 3.99. The molecule has 2 amide bonds. The Kier molecular flexibility index (Phi) is 5.63. The predicted octanol–water partition coefficient (Wildman–Crippen LogP) is 2.07. The first-order chi connectivity index (χ1) is 10.6. The van der Waals surface area contributed by atoms with E-state index < -0.39 is 0 Å². The van der Waals surface area contributed by atoms with Gasteiger partial charge in [-0.3, -0.25) is 9.59 Å². The number of nitrogens with zero attached hydrogens (tertiary/aromatic N) is 2. The molecular weight excluding hydrogens is 285 g/mol.